The molecule has 4 saturated carbocycles. The van der Waals surface area contributed by atoms with Crippen molar-refractivity contribution in [3.63, 3.8) is 0 Å². The predicted molar refractivity (Wildman–Crippen MR) is 98.3 cm³/mol. The standard InChI is InChI=1S/C20H24N2O2S/c23-18(11-25-19-22-16-3-1-2-4-17(16)24-19)21-12-20-8-13-5-14(9-20)7-15(6-13)10-20/h1-4,13-15H,5-12H2,(H,21,23). The number of oxazole rings is 1. The highest BCUT2D eigenvalue weighted by Gasteiger charge is 2.50. The van der Waals surface area contributed by atoms with Crippen molar-refractivity contribution in [2.24, 2.45) is 23.2 Å². The number of benzene rings is 1. The number of thioether (sulfide) groups is 1. The Bertz CT molecular complexity index is 732. The molecule has 4 bridgehead atoms. The average Bonchev–Trinajstić information content (AvgIpc) is 3.00. The van der Waals surface area contributed by atoms with Crippen molar-refractivity contribution in [1.82, 2.24) is 10.3 Å². The summed E-state index contributed by atoms with van der Waals surface area (Å²) in [6.07, 6.45) is 8.33. The monoisotopic (exact) mass is 356 g/mol. The van der Waals surface area contributed by atoms with Gasteiger partial charge in [0, 0.05) is 6.54 Å². The van der Waals surface area contributed by atoms with Crippen LogP contribution in [0, 0.1) is 23.2 Å². The van der Waals surface area contributed by atoms with Crippen molar-refractivity contribution < 1.29 is 9.21 Å². The first-order valence-electron chi connectivity index (χ1n) is 9.43. The molecular formula is C20H24N2O2S. The minimum Gasteiger partial charge on any atom is -0.431 e. The summed E-state index contributed by atoms with van der Waals surface area (Å²) in [4.78, 5) is 16.7. The van der Waals surface area contributed by atoms with Gasteiger partial charge in [0.1, 0.15) is 5.52 Å². The fourth-order valence-corrected chi connectivity index (χ4v) is 6.55. The molecule has 0 radical (unpaired) electrons. The largest absolute Gasteiger partial charge is 0.431 e. The van der Waals surface area contributed by atoms with E-state index in [1.165, 1.54) is 50.3 Å². The second-order valence-electron chi connectivity index (χ2n) is 8.43. The lowest BCUT2D eigenvalue weighted by Crippen LogP contribution is -2.51. The number of fused-ring (bicyclic) bond motifs is 1. The highest BCUT2D eigenvalue weighted by Crippen LogP contribution is 2.59. The number of aromatic nitrogens is 1. The van der Waals surface area contributed by atoms with Crippen LogP contribution in [0.5, 0.6) is 0 Å². The molecule has 1 aromatic heterocycles. The Balaban J connectivity index is 1.16. The summed E-state index contributed by atoms with van der Waals surface area (Å²) in [7, 11) is 0. The topological polar surface area (TPSA) is 55.1 Å². The van der Waals surface area contributed by atoms with E-state index in [1.54, 1.807) is 0 Å². The van der Waals surface area contributed by atoms with Crippen LogP contribution < -0.4 is 5.32 Å². The third-order valence-electron chi connectivity index (χ3n) is 6.43. The number of para-hydroxylation sites is 2. The van der Waals surface area contributed by atoms with Crippen LogP contribution in [-0.4, -0.2) is 23.2 Å². The van der Waals surface area contributed by atoms with E-state index in [9.17, 15) is 4.79 Å². The SMILES string of the molecule is O=C(CSc1nc2ccccc2o1)NCC12CC3CC(CC(C3)C1)C2. The van der Waals surface area contributed by atoms with E-state index in [2.05, 4.69) is 10.3 Å². The van der Waals surface area contributed by atoms with Crippen molar-refractivity contribution in [3.8, 4) is 0 Å². The number of carbonyl (C=O) groups is 1. The summed E-state index contributed by atoms with van der Waals surface area (Å²) in [5, 5.41) is 3.79. The molecule has 0 saturated heterocycles. The summed E-state index contributed by atoms with van der Waals surface area (Å²) < 4.78 is 5.67. The van der Waals surface area contributed by atoms with Gasteiger partial charge >= 0.3 is 0 Å². The highest BCUT2D eigenvalue weighted by atomic mass is 32.2. The van der Waals surface area contributed by atoms with Crippen LogP contribution in [0.1, 0.15) is 38.5 Å². The molecular weight excluding hydrogens is 332 g/mol. The fourth-order valence-electron chi connectivity index (χ4n) is 5.88. The molecule has 4 fully saturated rings. The zero-order valence-corrected chi connectivity index (χ0v) is 15.2. The summed E-state index contributed by atoms with van der Waals surface area (Å²) in [6, 6.07) is 7.70. The van der Waals surface area contributed by atoms with Gasteiger partial charge in [0.05, 0.1) is 5.75 Å². The van der Waals surface area contributed by atoms with E-state index >= 15 is 0 Å². The first-order valence-corrected chi connectivity index (χ1v) is 10.4. The maximum Gasteiger partial charge on any atom is 0.257 e. The molecule has 0 spiro atoms. The van der Waals surface area contributed by atoms with E-state index < -0.39 is 0 Å². The van der Waals surface area contributed by atoms with Gasteiger partial charge in [0.25, 0.3) is 5.22 Å². The maximum absolute atomic E-state index is 12.3. The van der Waals surface area contributed by atoms with E-state index in [1.807, 2.05) is 24.3 Å². The number of nitrogens with zero attached hydrogens (tertiary/aromatic N) is 1. The molecule has 2 aromatic rings. The summed E-state index contributed by atoms with van der Waals surface area (Å²) >= 11 is 1.38. The Hall–Kier alpha value is -1.49. The minimum absolute atomic E-state index is 0.100. The molecule has 4 aliphatic carbocycles. The highest BCUT2D eigenvalue weighted by molar-refractivity contribution is 7.99. The Kier molecular flexibility index (Phi) is 3.81. The first-order chi connectivity index (χ1) is 12.2. The predicted octanol–water partition coefficient (Wildman–Crippen LogP) is 4.25. The van der Waals surface area contributed by atoms with Gasteiger partial charge in [-0.2, -0.15) is 0 Å². The fraction of sp³-hybridized carbons (Fsp3) is 0.600. The van der Waals surface area contributed by atoms with Crippen molar-refractivity contribution >= 4 is 28.8 Å². The van der Waals surface area contributed by atoms with E-state index in [4.69, 9.17) is 4.42 Å². The zero-order chi connectivity index (χ0) is 16.9. The third-order valence-corrected chi connectivity index (χ3v) is 7.25. The minimum atomic E-state index is 0.100. The third kappa shape index (κ3) is 3.07. The smallest absolute Gasteiger partial charge is 0.257 e. The number of nitrogens with one attached hydrogen (secondary N) is 1. The summed E-state index contributed by atoms with van der Waals surface area (Å²) in [5.74, 6) is 3.26. The molecule has 5 heteroatoms. The van der Waals surface area contributed by atoms with Gasteiger partial charge in [0.2, 0.25) is 5.91 Å². The van der Waals surface area contributed by atoms with E-state index in [-0.39, 0.29) is 5.91 Å². The number of rotatable bonds is 5. The lowest BCUT2D eigenvalue weighted by Gasteiger charge is -2.56. The molecule has 1 heterocycles. The molecule has 0 atom stereocenters. The normalized spacial score (nSPS) is 33.0. The van der Waals surface area contributed by atoms with Crippen molar-refractivity contribution in [3.05, 3.63) is 24.3 Å². The van der Waals surface area contributed by atoms with Gasteiger partial charge in [-0.05, 0) is 73.8 Å². The number of amides is 1. The molecule has 1 aromatic carbocycles. The van der Waals surface area contributed by atoms with Gasteiger partial charge in [-0.25, -0.2) is 4.98 Å². The van der Waals surface area contributed by atoms with Gasteiger partial charge < -0.3 is 9.73 Å². The van der Waals surface area contributed by atoms with Gasteiger partial charge in [-0.3, -0.25) is 4.79 Å². The van der Waals surface area contributed by atoms with E-state index in [0.29, 0.717) is 16.4 Å². The number of hydrogen-bond acceptors (Lipinski definition) is 4. The van der Waals surface area contributed by atoms with Crippen molar-refractivity contribution in [2.75, 3.05) is 12.3 Å². The lowest BCUT2D eigenvalue weighted by atomic mass is 9.49. The molecule has 4 nitrogen and oxygen atoms in total. The van der Waals surface area contributed by atoms with Crippen LogP contribution in [0.25, 0.3) is 11.1 Å². The molecule has 4 aliphatic rings. The first kappa shape index (κ1) is 15.7. The second kappa shape index (κ2) is 6.04. The number of hydrogen-bond donors (Lipinski definition) is 1. The Morgan fingerprint density at radius 3 is 2.52 bits per heavy atom. The number of carbonyl (C=O) groups excluding carboxylic acids is 1. The van der Waals surface area contributed by atoms with E-state index in [0.717, 1.165) is 35.4 Å². The summed E-state index contributed by atoms with van der Waals surface area (Å²) in [5.41, 5.74) is 2.02. The Morgan fingerprint density at radius 1 is 1.16 bits per heavy atom. The molecule has 25 heavy (non-hydrogen) atoms. The van der Waals surface area contributed by atoms with Crippen LogP contribution in [0.4, 0.5) is 0 Å². The quantitative estimate of drug-likeness (QED) is 0.814. The summed E-state index contributed by atoms with van der Waals surface area (Å²) in [6.45, 7) is 0.865. The van der Waals surface area contributed by atoms with Crippen LogP contribution in [0.15, 0.2) is 33.9 Å². The molecule has 0 unspecified atom stereocenters. The van der Waals surface area contributed by atoms with Crippen LogP contribution in [0.3, 0.4) is 0 Å². The van der Waals surface area contributed by atoms with Gasteiger partial charge in [-0.1, -0.05) is 23.9 Å². The van der Waals surface area contributed by atoms with Gasteiger partial charge in [0.15, 0.2) is 5.58 Å². The lowest BCUT2D eigenvalue weighted by molar-refractivity contribution is -0.120. The van der Waals surface area contributed by atoms with Gasteiger partial charge in [-0.15, -0.1) is 0 Å². The van der Waals surface area contributed by atoms with Crippen LogP contribution >= 0.6 is 11.8 Å². The molecule has 1 N–H and O–H groups in total. The molecule has 132 valence electrons. The van der Waals surface area contributed by atoms with Crippen molar-refractivity contribution in [2.45, 2.75) is 43.7 Å². The maximum atomic E-state index is 12.3. The average molecular weight is 356 g/mol. The molecule has 0 aliphatic heterocycles. The Morgan fingerprint density at radius 2 is 1.84 bits per heavy atom. The van der Waals surface area contributed by atoms with Crippen molar-refractivity contribution in [1.29, 1.82) is 0 Å². The van der Waals surface area contributed by atoms with Crippen LogP contribution in [0.2, 0.25) is 0 Å². The Labute approximate surface area is 152 Å². The molecule has 6 rings (SSSR count). The van der Waals surface area contributed by atoms with Crippen LogP contribution in [-0.2, 0) is 4.79 Å². The second-order valence-corrected chi connectivity index (χ2v) is 9.36. The zero-order valence-electron chi connectivity index (χ0n) is 14.4. The molecule has 1 amide bonds.